The molecule has 29 heavy (non-hydrogen) atoms. The monoisotopic (exact) mass is 397 g/mol. The Morgan fingerprint density at radius 2 is 1.83 bits per heavy atom. The minimum atomic E-state index is -0.477. The summed E-state index contributed by atoms with van der Waals surface area (Å²) < 4.78 is 15.9. The van der Waals surface area contributed by atoms with Gasteiger partial charge in [-0.1, -0.05) is 48.5 Å². The highest BCUT2D eigenvalue weighted by molar-refractivity contribution is 5.93. The molecule has 0 saturated heterocycles. The minimum absolute atomic E-state index is 0.217. The molecule has 3 rings (SSSR count). The van der Waals surface area contributed by atoms with Gasteiger partial charge in [-0.25, -0.2) is 9.79 Å². The molecule has 2 aromatic carbocycles. The molecule has 0 saturated carbocycles. The molecule has 1 unspecified atom stereocenters. The van der Waals surface area contributed by atoms with Gasteiger partial charge in [0.2, 0.25) is 0 Å². The van der Waals surface area contributed by atoms with Crippen molar-refractivity contribution >= 4 is 17.6 Å². The second-order valence-corrected chi connectivity index (χ2v) is 6.70. The van der Waals surface area contributed by atoms with Gasteiger partial charge in [-0.2, -0.15) is 0 Å². The van der Waals surface area contributed by atoms with Gasteiger partial charge in [-0.15, -0.1) is 0 Å². The van der Waals surface area contributed by atoms with Gasteiger partial charge in [0, 0.05) is 14.2 Å². The number of amides is 1. The van der Waals surface area contributed by atoms with Crippen LogP contribution in [-0.4, -0.2) is 45.0 Å². The summed E-state index contributed by atoms with van der Waals surface area (Å²) in [4.78, 5) is 17.2. The van der Waals surface area contributed by atoms with Crippen molar-refractivity contribution in [2.24, 2.45) is 4.99 Å². The molecule has 0 radical (unpaired) electrons. The van der Waals surface area contributed by atoms with Crippen LogP contribution in [0.4, 0.5) is 10.5 Å². The van der Waals surface area contributed by atoms with Crippen molar-refractivity contribution in [1.82, 2.24) is 10.6 Å². The third-order valence-corrected chi connectivity index (χ3v) is 4.75. The smallest absolute Gasteiger partial charge is 0.408 e. The van der Waals surface area contributed by atoms with Crippen molar-refractivity contribution in [2.45, 2.75) is 31.8 Å². The molecular formula is C22H27N3O4. The first kappa shape index (κ1) is 20.8. The number of ether oxygens (including phenoxy) is 3. The Labute approximate surface area is 171 Å². The normalized spacial score (nSPS) is 15.8. The lowest BCUT2D eigenvalue weighted by Crippen LogP contribution is -2.48. The predicted molar refractivity (Wildman–Crippen MR) is 111 cm³/mol. The van der Waals surface area contributed by atoms with Gasteiger partial charge in [0.1, 0.15) is 12.4 Å². The number of aliphatic imine (C=N–C) groups is 1. The lowest BCUT2D eigenvalue weighted by molar-refractivity contribution is -0.0966. The van der Waals surface area contributed by atoms with E-state index in [9.17, 15) is 4.79 Å². The summed E-state index contributed by atoms with van der Waals surface area (Å²) in [6.07, 6.45) is 0.608. The average molecular weight is 397 g/mol. The van der Waals surface area contributed by atoms with Gasteiger partial charge in [-0.3, -0.25) is 0 Å². The van der Waals surface area contributed by atoms with Crippen LogP contribution in [0.15, 0.2) is 59.6 Å². The number of rotatable bonds is 7. The van der Waals surface area contributed by atoms with Crippen LogP contribution in [-0.2, 0) is 27.2 Å². The lowest BCUT2D eigenvalue weighted by Gasteiger charge is -2.22. The molecule has 1 aliphatic heterocycles. The topological polar surface area (TPSA) is 81.2 Å². The number of amidine groups is 1. The number of carbonyl (C=O) groups excluding carboxylic acids is 1. The molecule has 0 spiro atoms. The summed E-state index contributed by atoms with van der Waals surface area (Å²) >= 11 is 0. The van der Waals surface area contributed by atoms with Gasteiger partial charge in [0.15, 0.2) is 6.29 Å². The lowest BCUT2D eigenvalue weighted by atomic mass is 10.1. The fourth-order valence-corrected chi connectivity index (χ4v) is 3.14. The van der Waals surface area contributed by atoms with E-state index in [-0.39, 0.29) is 12.6 Å². The Morgan fingerprint density at radius 1 is 1.10 bits per heavy atom. The molecule has 1 atom stereocenters. The van der Waals surface area contributed by atoms with E-state index in [4.69, 9.17) is 19.2 Å². The van der Waals surface area contributed by atoms with E-state index in [1.165, 1.54) is 0 Å². The van der Waals surface area contributed by atoms with E-state index in [1.54, 1.807) is 14.2 Å². The van der Waals surface area contributed by atoms with Gasteiger partial charge in [0.25, 0.3) is 0 Å². The number of aryl methyl sites for hydroxylation is 1. The molecule has 7 nitrogen and oxygen atoms in total. The van der Waals surface area contributed by atoms with Crippen molar-refractivity contribution in [2.75, 3.05) is 20.8 Å². The van der Waals surface area contributed by atoms with Crippen LogP contribution in [0, 0.1) is 0 Å². The molecule has 1 aliphatic rings. The third-order valence-electron chi connectivity index (χ3n) is 4.75. The molecule has 0 aromatic heterocycles. The second kappa shape index (κ2) is 10.6. The second-order valence-electron chi connectivity index (χ2n) is 6.70. The first-order valence-electron chi connectivity index (χ1n) is 9.62. The van der Waals surface area contributed by atoms with Crippen molar-refractivity contribution in [3.05, 3.63) is 65.7 Å². The largest absolute Gasteiger partial charge is 0.445 e. The average Bonchev–Trinajstić information content (AvgIpc) is 2.93. The molecule has 154 valence electrons. The number of nitrogens with one attached hydrogen (secondary N) is 2. The van der Waals surface area contributed by atoms with Gasteiger partial charge in [-0.05, 0) is 30.0 Å². The predicted octanol–water partition coefficient (Wildman–Crippen LogP) is 3.17. The van der Waals surface area contributed by atoms with Crippen molar-refractivity contribution in [3.8, 4) is 0 Å². The van der Waals surface area contributed by atoms with Crippen molar-refractivity contribution in [3.63, 3.8) is 0 Å². The summed E-state index contributed by atoms with van der Waals surface area (Å²) in [5, 5.41) is 6.20. The number of fused-ring (bicyclic) bond motifs is 1. The molecule has 0 bridgehead atoms. The Kier molecular flexibility index (Phi) is 7.61. The fraction of sp³-hybridized carbons (Fsp3) is 0.364. The summed E-state index contributed by atoms with van der Waals surface area (Å²) in [5.74, 6) is 0.658. The van der Waals surface area contributed by atoms with E-state index >= 15 is 0 Å². The molecule has 0 fully saturated rings. The van der Waals surface area contributed by atoms with Gasteiger partial charge >= 0.3 is 6.09 Å². The first-order chi connectivity index (χ1) is 14.2. The molecule has 1 amide bonds. The van der Waals surface area contributed by atoms with Crippen LogP contribution in [0.2, 0.25) is 0 Å². The summed E-state index contributed by atoms with van der Waals surface area (Å²) in [6, 6.07) is 17.3. The van der Waals surface area contributed by atoms with Gasteiger partial charge in [0.05, 0.1) is 18.3 Å². The molecule has 2 N–H and O–H groups in total. The van der Waals surface area contributed by atoms with Crippen LogP contribution in [0.1, 0.15) is 17.5 Å². The molecular weight excluding hydrogens is 370 g/mol. The Bertz CT molecular complexity index is 822. The zero-order valence-corrected chi connectivity index (χ0v) is 16.8. The summed E-state index contributed by atoms with van der Waals surface area (Å²) in [6.45, 7) is 0.625. The maximum Gasteiger partial charge on any atom is 0.408 e. The molecule has 7 heteroatoms. The Balaban J connectivity index is 1.68. The van der Waals surface area contributed by atoms with Crippen LogP contribution < -0.4 is 10.6 Å². The SMILES string of the molecule is COC(CNC1=Nc2ccccc2CCC1NC(=O)OCc1ccccc1)OC. The number of hydrogen-bond acceptors (Lipinski definition) is 6. The highest BCUT2D eigenvalue weighted by Gasteiger charge is 2.24. The number of alkyl carbamates (subject to hydrolysis) is 1. The van der Waals surface area contributed by atoms with Crippen LogP contribution in [0.25, 0.3) is 0 Å². The van der Waals surface area contributed by atoms with Crippen LogP contribution in [0.5, 0.6) is 0 Å². The van der Waals surface area contributed by atoms with Gasteiger partial charge < -0.3 is 24.8 Å². The molecule has 0 aliphatic carbocycles. The highest BCUT2D eigenvalue weighted by atomic mass is 16.7. The zero-order chi connectivity index (χ0) is 20.5. The van der Waals surface area contributed by atoms with E-state index in [1.807, 2.05) is 48.5 Å². The third kappa shape index (κ3) is 6.04. The highest BCUT2D eigenvalue weighted by Crippen LogP contribution is 2.24. The van der Waals surface area contributed by atoms with E-state index in [2.05, 4.69) is 16.7 Å². The minimum Gasteiger partial charge on any atom is -0.445 e. The number of hydrogen-bond donors (Lipinski definition) is 2. The Morgan fingerprint density at radius 3 is 2.59 bits per heavy atom. The molecule has 2 aromatic rings. The van der Waals surface area contributed by atoms with E-state index in [0.717, 1.165) is 23.2 Å². The number of para-hydroxylation sites is 1. The maximum atomic E-state index is 12.4. The molecule has 1 heterocycles. The first-order valence-corrected chi connectivity index (χ1v) is 9.62. The zero-order valence-electron chi connectivity index (χ0n) is 16.8. The maximum absolute atomic E-state index is 12.4. The fourth-order valence-electron chi connectivity index (χ4n) is 3.14. The van der Waals surface area contributed by atoms with Crippen molar-refractivity contribution in [1.29, 1.82) is 0 Å². The standard InChI is InChI=1S/C22H27N3O4/c1-27-20(28-2)14-23-21-19(13-12-17-10-6-7-11-18(17)24-21)25-22(26)29-15-16-8-4-3-5-9-16/h3-11,19-20H,12-15H2,1-2H3,(H,23,24)(H,25,26). The van der Waals surface area contributed by atoms with Crippen LogP contribution >= 0.6 is 0 Å². The quantitative estimate of drug-likeness (QED) is 0.702. The number of benzene rings is 2. The summed E-state index contributed by atoms with van der Waals surface area (Å²) in [5.41, 5.74) is 2.97. The number of carbonyl (C=O) groups is 1. The van der Waals surface area contributed by atoms with Crippen LogP contribution in [0.3, 0.4) is 0 Å². The van der Waals surface area contributed by atoms with E-state index < -0.39 is 12.4 Å². The number of nitrogens with zero attached hydrogens (tertiary/aromatic N) is 1. The Hall–Kier alpha value is -2.90. The summed E-state index contributed by atoms with van der Waals surface area (Å²) in [7, 11) is 3.16. The van der Waals surface area contributed by atoms with E-state index in [0.29, 0.717) is 18.8 Å². The number of methoxy groups -OCH3 is 2. The van der Waals surface area contributed by atoms with Crippen molar-refractivity contribution < 1.29 is 19.0 Å².